The molecule has 0 atom stereocenters. The highest BCUT2D eigenvalue weighted by molar-refractivity contribution is 6.10. The predicted molar refractivity (Wildman–Crippen MR) is 67.7 cm³/mol. The molecule has 0 fully saturated rings. The van der Waals surface area contributed by atoms with E-state index in [0.29, 0.717) is 11.1 Å². The number of halogens is 1. The normalized spacial score (nSPS) is 10.2. The Balaban J connectivity index is 2.47. The van der Waals surface area contributed by atoms with Gasteiger partial charge in [-0.2, -0.15) is 0 Å². The lowest BCUT2D eigenvalue weighted by atomic mass is 9.98. The molecule has 0 saturated heterocycles. The lowest BCUT2D eigenvalue weighted by Gasteiger charge is -2.05. The van der Waals surface area contributed by atoms with Crippen LogP contribution in [0.3, 0.4) is 0 Å². The fourth-order valence-corrected chi connectivity index (χ4v) is 1.82. The van der Waals surface area contributed by atoms with Crippen molar-refractivity contribution >= 4 is 11.5 Å². The van der Waals surface area contributed by atoms with E-state index in [4.69, 9.17) is 0 Å². The number of nitro benzene ring substituents is 1. The largest absolute Gasteiger partial charge is 0.289 e. The maximum atomic E-state index is 12.8. The third-order valence-corrected chi connectivity index (χ3v) is 2.85. The maximum absolute atomic E-state index is 12.8. The van der Waals surface area contributed by atoms with Crippen molar-refractivity contribution in [1.82, 2.24) is 0 Å². The molecule has 0 spiro atoms. The fraction of sp³-hybridized carbons (Fsp3) is 0.0714. The minimum Gasteiger partial charge on any atom is -0.289 e. The number of carbonyl (C=O) groups is 1. The molecule has 4 nitrogen and oxygen atoms in total. The van der Waals surface area contributed by atoms with Crippen molar-refractivity contribution in [2.24, 2.45) is 0 Å². The van der Waals surface area contributed by atoms with E-state index in [1.165, 1.54) is 49.4 Å². The summed E-state index contributed by atoms with van der Waals surface area (Å²) in [4.78, 5) is 22.5. The van der Waals surface area contributed by atoms with Crippen LogP contribution in [0.5, 0.6) is 0 Å². The summed E-state index contributed by atoms with van der Waals surface area (Å²) in [5.41, 5.74) is 0.751. The number of hydrogen-bond acceptors (Lipinski definition) is 3. The highest BCUT2D eigenvalue weighted by atomic mass is 19.1. The van der Waals surface area contributed by atoms with Gasteiger partial charge in [-0.25, -0.2) is 4.39 Å². The summed E-state index contributed by atoms with van der Waals surface area (Å²) < 4.78 is 12.8. The monoisotopic (exact) mass is 259 g/mol. The van der Waals surface area contributed by atoms with Gasteiger partial charge < -0.3 is 0 Å². The van der Waals surface area contributed by atoms with E-state index < -0.39 is 10.7 Å². The number of nitrogens with zero attached hydrogens (tertiary/aromatic N) is 1. The van der Waals surface area contributed by atoms with Gasteiger partial charge in [0.15, 0.2) is 5.78 Å². The van der Waals surface area contributed by atoms with E-state index in [0.717, 1.165) is 0 Å². The summed E-state index contributed by atoms with van der Waals surface area (Å²) in [6, 6.07) is 9.40. The molecular weight excluding hydrogens is 249 g/mol. The molecule has 2 aromatic carbocycles. The van der Waals surface area contributed by atoms with Crippen LogP contribution >= 0.6 is 0 Å². The Morgan fingerprint density at radius 2 is 1.79 bits per heavy atom. The van der Waals surface area contributed by atoms with E-state index in [1.54, 1.807) is 0 Å². The second-order valence-electron chi connectivity index (χ2n) is 4.04. The molecule has 19 heavy (non-hydrogen) atoms. The molecule has 0 bridgehead atoms. The van der Waals surface area contributed by atoms with Gasteiger partial charge in [0.25, 0.3) is 5.69 Å². The minimum atomic E-state index is -0.531. The third kappa shape index (κ3) is 2.49. The second kappa shape index (κ2) is 4.97. The van der Waals surface area contributed by atoms with E-state index >= 15 is 0 Å². The molecule has 0 aliphatic carbocycles. The number of carbonyl (C=O) groups excluding carboxylic acids is 1. The zero-order chi connectivity index (χ0) is 14.0. The first kappa shape index (κ1) is 12.9. The van der Waals surface area contributed by atoms with Crippen molar-refractivity contribution in [1.29, 1.82) is 0 Å². The van der Waals surface area contributed by atoms with Crippen LogP contribution < -0.4 is 0 Å². The number of ketones is 1. The standard InChI is InChI=1S/C14H10FNO3/c1-9-12(3-2-4-13(9)16(18)19)14(17)10-5-7-11(15)8-6-10/h2-8H,1H3. The van der Waals surface area contributed by atoms with Crippen LogP contribution in [0.4, 0.5) is 10.1 Å². The summed E-state index contributed by atoms with van der Waals surface area (Å²) in [5, 5.41) is 10.8. The predicted octanol–water partition coefficient (Wildman–Crippen LogP) is 3.27. The first-order valence-corrected chi connectivity index (χ1v) is 5.55. The third-order valence-electron chi connectivity index (χ3n) is 2.85. The Hall–Kier alpha value is -2.56. The molecule has 0 unspecified atom stereocenters. The van der Waals surface area contributed by atoms with Crippen molar-refractivity contribution in [2.75, 3.05) is 0 Å². The Labute approximate surface area is 108 Å². The molecular formula is C14H10FNO3. The van der Waals surface area contributed by atoms with Gasteiger partial charge >= 0.3 is 0 Å². The second-order valence-corrected chi connectivity index (χ2v) is 4.04. The molecule has 5 heteroatoms. The average molecular weight is 259 g/mol. The van der Waals surface area contributed by atoms with Crippen molar-refractivity contribution in [3.05, 3.63) is 75.1 Å². The smallest absolute Gasteiger partial charge is 0.273 e. The summed E-state index contributed by atoms with van der Waals surface area (Å²) in [5.74, 6) is -0.798. The Kier molecular flexibility index (Phi) is 3.37. The molecule has 0 N–H and O–H groups in total. The zero-order valence-corrected chi connectivity index (χ0v) is 10.1. The van der Waals surface area contributed by atoms with Crippen molar-refractivity contribution in [2.45, 2.75) is 6.92 Å². The molecule has 2 aromatic rings. The van der Waals surface area contributed by atoms with Gasteiger partial charge in [-0.3, -0.25) is 14.9 Å². The molecule has 0 heterocycles. The highest BCUT2D eigenvalue weighted by Gasteiger charge is 2.18. The highest BCUT2D eigenvalue weighted by Crippen LogP contribution is 2.23. The van der Waals surface area contributed by atoms with Gasteiger partial charge in [0.2, 0.25) is 0 Å². The number of rotatable bonds is 3. The van der Waals surface area contributed by atoms with Gasteiger partial charge in [-0.15, -0.1) is 0 Å². The summed E-state index contributed by atoms with van der Waals surface area (Å²) in [6.07, 6.45) is 0. The number of benzene rings is 2. The summed E-state index contributed by atoms with van der Waals surface area (Å²) >= 11 is 0. The van der Waals surface area contributed by atoms with Crippen LogP contribution in [0.1, 0.15) is 21.5 Å². The molecule has 0 aromatic heterocycles. The zero-order valence-electron chi connectivity index (χ0n) is 10.1. The van der Waals surface area contributed by atoms with Crippen LogP contribution in [0.2, 0.25) is 0 Å². The van der Waals surface area contributed by atoms with Gasteiger partial charge in [0, 0.05) is 22.8 Å². The van der Waals surface area contributed by atoms with Crippen LogP contribution in [0.15, 0.2) is 42.5 Å². The summed E-state index contributed by atoms with van der Waals surface area (Å²) in [6.45, 7) is 1.52. The molecule has 0 saturated carbocycles. The van der Waals surface area contributed by atoms with Crippen molar-refractivity contribution in [3.8, 4) is 0 Å². The molecule has 2 rings (SSSR count). The summed E-state index contributed by atoms with van der Waals surface area (Å²) in [7, 11) is 0. The van der Waals surface area contributed by atoms with Gasteiger partial charge in [0.05, 0.1) is 4.92 Å². The lowest BCUT2D eigenvalue weighted by Crippen LogP contribution is -2.05. The minimum absolute atomic E-state index is 0.104. The molecule has 96 valence electrons. The number of hydrogen-bond donors (Lipinski definition) is 0. The van der Waals surface area contributed by atoms with E-state index in [9.17, 15) is 19.3 Å². The van der Waals surface area contributed by atoms with Crippen molar-refractivity contribution in [3.63, 3.8) is 0 Å². The molecule has 0 amide bonds. The first-order chi connectivity index (χ1) is 9.00. The molecule has 0 aliphatic rings. The average Bonchev–Trinajstić information content (AvgIpc) is 2.38. The lowest BCUT2D eigenvalue weighted by molar-refractivity contribution is -0.385. The van der Waals surface area contributed by atoms with Crippen LogP contribution in [0.25, 0.3) is 0 Å². The van der Waals surface area contributed by atoms with Crippen LogP contribution in [-0.2, 0) is 0 Å². The Morgan fingerprint density at radius 1 is 1.16 bits per heavy atom. The SMILES string of the molecule is Cc1c(C(=O)c2ccc(F)cc2)cccc1[N+](=O)[O-]. The van der Waals surface area contributed by atoms with Crippen LogP contribution in [0, 0.1) is 22.9 Å². The fourth-order valence-electron chi connectivity index (χ4n) is 1.82. The first-order valence-electron chi connectivity index (χ1n) is 5.55. The Bertz CT molecular complexity index is 650. The topological polar surface area (TPSA) is 60.2 Å². The van der Waals surface area contributed by atoms with Gasteiger partial charge in [-0.1, -0.05) is 12.1 Å². The van der Waals surface area contributed by atoms with Crippen LogP contribution in [-0.4, -0.2) is 10.7 Å². The van der Waals surface area contributed by atoms with Gasteiger partial charge in [-0.05, 0) is 31.2 Å². The number of nitro groups is 1. The van der Waals surface area contributed by atoms with E-state index in [-0.39, 0.29) is 17.0 Å². The van der Waals surface area contributed by atoms with E-state index in [1.807, 2.05) is 0 Å². The van der Waals surface area contributed by atoms with Gasteiger partial charge in [0.1, 0.15) is 5.82 Å². The van der Waals surface area contributed by atoms with E-state index in [2.05, 4.69) is 0 Å². The van der Waals surface area contributed by atoms with Crippen molar-refractivity contribution < 1.29 is 14.1 Å². The maximum Gasteiger partial charge on any atom is 0.273 e. The molecule has 0 radical (unpaired) electrons. The molecule has 0 aliphatic heterocycles. The quantitative estimate of drug-likeness (QED) is 0.483. The Morgan fingerprint density at radius 3 is 2.37 bits per heavy atom.